The Labute approximate surface area is 191 Å². The maximum absolute atomic E-state index is 14.3. The van der Waals surface area contributed by atoms with Gasteiger partial charge in [-0.2, -0.15) is 5.10 Å². The molecule has 8 nitrogen and oxygen atoms in total. The molecular formula is C23H18F3N7O. The van der Waals surface area contributed by atoms with E-state index in [-0.39, 0.29) is 40.6 Å². The average molecular weight is 465 g/mol. The SMILES string of the molecule is C[C@]12CCNc3nc(-c4nn(Cc5c(F)cccc5F)c5ncc(F)cc45)nc(c31)NC(=O)C2. The number of hydrogen-bond donors (Lipinski definition) is 2. The highest BCUT2D eigenvalue weighted by molar-refractivity contribution is 5.97. The molecule has 6 rings (SSSR count). The number of rotatable bonds is 3. The van der Waals surface area contributed by atoms with E-state index in [0.29, 0.717) is 24.6 Å². The summed E-state index contributed by atoms with van der Waals surface area (Å²) < 4.78 is 44.0. The van der Waals surface area contributed by atoms with E-state index in [4.69, 9.17) is 0 Å². The van der Waals surface area contributed by atoms with Gasteiger partial charge in [0.25, 0.3) is 0 Å². The van der Waals surface area contributed by atoms with Crippen LogP contribution >= 0.6 is 0 Å². The highest BCUT2D eigenvalue weighted by Gasteiger charge is 2.42. The molecular weight excluding hydrogens is 447 g/mol. The zero-order valence-electron chi connectivity index (χ0n) is 18.0. The topological polar surface area (TPSA) is 97.6 Å². The molecule has 3 aromatic heterocycles. The van der Waals surface area contributed by atoms with Crippen molar-refractivity contribution < 1.29 is 18.0 Å². The quantitative estimate of drug-likeness (QED) is 0.478. The molecule has 4 aromatic rings. The van der Waals surface area contributed by atoms with Crippen molar-refractivity contribution in [3.8, 4) is 11.5 Å². The van der Waals surface area contributed by atoms with Crippen molar-refractivity contribution in [1.82, 2.24) is 24.7 Å². The Morgan fingerprint density at radius 1 is 1.15 bits per heavy atom. The Morgan fingerprint density at radius 2 is 1.91 bits per heavy atom. The summed E-state index contributed by atoms with van der Waals surface area (Å²) in [6.45, 7) is 2.37. The van der Waals surface area contributed by atoms with E-state index < -0.39 is 22.9 Å². The Hall–Kier alpha value is -4.02. The number of carbonyl (C=O) groups excluding carboxylic acids is 1. The number of halogens is 3. The summed E-state index contributed by atoms with van der Waals surface area (Å²) in [6, 6.07) is 4.81. The van der Waals surface area contributed by atoms with E-state index in [1.807, 2.05) is 6.92 Å². The van der Waals surface area contributed by atoms with Gasteiger partial charge in [-0.1, -0.05) is 13.0 Å². The minimum Gasteiger partial charge on any atom is -0.370 e. The first kappa shape index (κ1) is 20.6. The maximum atomic E-state index is 14.3. The second kappa shape index (κ2) is 7.24. The van der Waals surface area contributed by atoms with Gasteiger partial charge in [0.15, 0.2) is 11.5 Å². The lowest BCUT2D eigenvalue weighted by Gasteiger charge is -2.39. The maximum Gasteiger partial charge on any atom is 0.226 e. The first-order chi connectivity index (χ1) is 16.3. The molecule has 11 heteroatoms. The third-order valence-electron chi connectivity index (χ3n) is 6.43. The Kier molecular flexibility index (Phi) is 4.38. The van der Waals surface area contributed by atoms with E-state index >= 15 is 0 Å². The van der Waals surface area contributed by atoms with Crippen molar-refractivity contribution in [2.45, 2.75) is 31.7 Å². The molecule has 5 heterocycles. The second-order valence-corrected chi connectivity index (χ2v) is 8.81. The molecule has 34 heavy (non-hydrogen) atoms. The van der Waals surface area contributed by atoms with Crippen LogP contribution in [0, 0.1) is 17.5 Å². The fourth-order valence-electron chi connectivity index (χ4n) is 4.79. The van der Waals surface area contributed by atoms with Gasteiger partial charge in [-0.25, -0.2) is 32.8 Å². The highest BCUT2D eigenvalue weighted by atomic mass is 19.1. The zero-order chi connectivity index (χ0) is 23.6. The molecule has 0 saturated heterocycles. The fraction of sp³-hybridized carbons (Fsp3) is 0.261. The number of hydrogen-bond acceptors (Lipinski definition) is 6. The molecule has 2 aliphatic heterocycles. The van der Waals surface area contributed by atoms with Crippen molar-refractivity contribution in [1.29, 1.82) is 0 Å². The minimum atomic E-state index is -0.729. The lowest BCUT2D eigenvalue weighted by molar-refractivity contribution is -0.117. The van der Waals surface area contributed by atoms with Crippen LogP contribution in [-0.2, 0) is 16.8 Å². The number of fused-ring (bicyclic) bond motifs is 1. The number of aromatic nitrogens is 5. The number of pyridine rings is 1. The van der Waals surface area contributed by atoms with Gasteiger partial charge in [0.1, 0.15) is 34.8 Å². The van der Waals surface area contributed by atoms with Gasteiger partial charge in [-0.3, -0.25) is 4.79 Å². The first-order valence-electron chi connectivity index (χ1n) is 10.7. The van der Waals surface area contributed by atoms with Crippen LogP contribution in [0.3, 0.4) is 0 Å². The lowest BCUT2D eigenvalue weighted by Crippen LogP contribution is -2.41. The van der Waals surface area contributed by atoms with Gasteiger partial charge in [-0.05, 0) is 24.6 Å². The minimum absolute atomic E-state index is 0.137. The number of nitrogens with zero attached hydrogens (tertiary/aromatic N) is 5. The van der Waals surface area contributed by atoms with Crippen molar-refractivity contribution in [2.75, 3.05) is 17.2 Å². The van der Waals surface area contributed by atoms with E-state index in [1.54, 1.807) is 0 Å². The molecule has 2 N–H and O–H groups in total. The van der Waals surface area contributed by atoms with Crippen molar-refractivity contribution in [2.24, 2.45) is 0 Å². The van der Waals surface area contributed by atoms with Crippen LogP contribution in [0.1, 0.15) is 30.9 Å². The van der Waals surface area contributed by atoms with Crippen molar-refractivity contribution >= 4 is 28.6 Å². The van der Waals surface area contributed by atoms with Gasteiger partial charge < -0.3 is 10.6 Å². The van der Waals surface area contributed by atoms with Gasteiger partial charge in [0.2, 0.25) is 5.91 Å². The predicted molar refractivity (Wildman–Crippen MR) is 118 cm³/mol. The molecule has 0 unspecified atom stereocenters. The summed E-state index contributed by atoms with van der Waals surface area (Å²) in [4.78, 5) is 25.7. The van der Waals surface area contributed by atoms with Crippen LogP contribution in [0.5, 0.6) is 0 Å². The molecule has 1 atom stereocenters. The molecule has 0 bridgehead atoms. The van der Waals surface area contributed by atoms with Crippen molar-refractivity contribution in [3.63, 3.8) is 0 Å². The van der Waals surface area contributed by atoms with E-state index in [0.717, 1.165) is 30.3 Å². The van der Waals surface area contributed by atoms with Crippen LogP contribution in [0.15, 0.2) is 30.5 Å². The summed E-state index contributed by atoms with van der Waals surface area (Å²) in [6.07, 6.45) is 2.09. The third-order valence-corrected chi connectivity index (χ3v) is 6.43. The Morgan fingerprint density at radius 3 is 2.71 bits per heavy atom. The first-order valence-corrected chi connectivity index (χ1v) is 10.7. The standard InChI is InChI=1S/C23H18F3N7O/c1-23-5-6-27-19-17(23)20(29-16(34)8-23)31-21(30-19)18-12-7-11(24)9-28-22(12)33(32-18)10-13-14(25)3-2-4-15(13)26/h2-4,7,9H,5-6,8,10H2,1H3,(H2,27,29,30,31,34)/t23-/m1/s1. The predicted octanol–water partition coefficient (Wildman–Crippen LogP) is 3.77. The smallest absolute Gasteiger partial charge is 0.226 e. The average Bonchev–Trinajstić information content (AvgIpc) is 3.13. The molecule has 0 fully saturated rings. The molecule has 0 spiro atoms. The largest absolute Gasteiger partial charge is 0.370 e. The Bertz CT molecular complexity index is 1480. The normalized spacial score (nSPS) is 19.0. The van der Waals surface area contributed by atoms with Crippen LogP contribution < -0.4 is 10.6 Å². The van der Waals surface area contributed by atoms with Crippen LogP contribution in [0.25, 0.3) is 22.6 Å². The third kappa shape index (κ3) is 3.11. The number of anilines is 2. The van der Waals surface area contributed by atoms with Crippen LogP contribution in [0.2, 0.25) is 0 Å². The molecule has 0 radical (unpaired) electrons. The van der Waals surface area contributed by atoms with E-state index in [2.05, 4.69) is 30.7 Å². The molecule has 1 amide bonds. The second-order valence-electron chi connectivity index (χ2n) is 8.81. The molecule has 172 valence electrons. The number of nitrogens with one attached hydrogen (secondary N) is 2. The molecule has 2 aliphatic rings. The Balaban J connectivity index is 1.54. The van der Waals surface area contributed by atoms with Crippen LogP contribution in [-0.4, -0.2) is 37.2 Å². The summed E-state index contributed by atoms with van der Waals surface area (Å²) in [5.74, 6) is -1.13. The van der Waals surface area contributed by atoms with E-state index in [9.17, 15) is 18.0 Å². The number of carbonyl (C=O) groups is 1. The van der Waals surface area contributed by atoms with Gasteiger partial charge >= 0.3 is 0 Å². The van der Waals surface area contributed by atoms with E-state index in [1.165, 1.54) is 16.8 Å². The van der Waals surface area contributed by atoms with Crippen LogP contribution in [0.4, 0.5) is 24.8 Å². The van der Waals surface area contributed by atoms with Gasteiger partial charge in [0, 0.05) is 29.5 Å². The van der Waals surface area contributed by atoms with Crippen molar-refractivity contribution in [3.05, 3.63) is 59.0 Å². The molecule has 0 aliphatic carbocycles. The zero-order valence-corrected chi connectivity index (χ0v) is 18.0. The molecule has 1 aromatic carbocycles. The summed E-state index contributed by atoms with van der Waals surface area (Å²) in [5.41, 5.74) is 0.635. The molecule has 0 saturated carbocycles. The summed E-state index contributed by atoms with van der Waals surface area (Å²) in [7, 11) is 0. The highest BCUT2D eigenvalue weighted by Crippen LogP contribution is 2.46. The summed E-state index contributed by atoms with van der Waals surface area (Å²) >= 11 is 0. The monoisotopic (exact) mass is 465 g/mol. The lowest BCUT2D eigenvalue weighted by atomic mass is 9.73. The number of amides is 1. The van der Waals surface area contributed by atoms with Gasteiger partial charge in [-0.15, -0.1) is 0 Å². The fourth-order valence-corrected chi connectivity index (χ4v) is 4.79. The van der Waals surface area contributed by atoms with Gasteiger partial charge in [0.05, 0.1) is 18.1 Å². The summed E-state index contributed by atoms with van der Waals surface area (Å²) in [5, 5.41) is 10.8. The number of benzene rings is 1.